The molecule has 3 aromatic heterocycles. The second-order valence-electron chi connectivity index (χ2n) is 6.94. The van der Waals surface area contributed by atoms with E-state index < -0.39 is 23.7 Å². The Labute approximate surface area is 174 Å². The zero-order valence-corrected chi connectivity index (χ0v) is 17.5. The highest BCUT2D eigenvalue weighted by atomic mass is 35.5. The topological polar surface area (TPSA) is 119 Å². The number of rotatable bonds is 4. The number of carbonyl (C=O) groups excluding carboxylic acids is 1. The van der Waals surface area contributed by atoms with Crippen LogP contribution in [-0.2, 0) is 18.4 Å². The molecular weight excluding hydrogens is 412 g/mol. The summed E-state index contributed by atoms with van der Waals surface area (Å²) in [6.45, 7) is 3.19. The van der Waals surface area contributed by atoms with Crippen molar-refractivity contribution >= 4 is 34.4 Å². The first kappa shape index (κ1) is 19.8. The number of hydrogen-bond acceptors (Lipinski definition) is 5. The van der Waals surface area contributed by atoms with Gasteiger partial charge in [0.1, 0.15) is 12.3 Å². The van der Waals surface area contributed by atoms with Crippen molar-refractivity contribution in [3.05, 3.63) is 55.4 Å². The number of aromatic nitrogens is 5. The summed E-state index contributed by atoms with van der Waals surface area (Å²) in [4.78, 5) is 41.7. The molecule has 4 rings (SSSR count). The summed E-state index contributed by atoms with van der Waals surface area (Å²) in [6.07, 6.45) is 0. The molecule has 0 atom stereocenters. The molecule has 11 heteroatoms. The van der Waals surface area contributed by atoms with E-state index in [1.807, 2.05) is 18.4 Å². The molecule has 0 bridgehead atoms. The van der Waals surface area contributed by atoms with Gasteiger partial charge >= 0.3 is 5.69 Å². The number of primary amides is 1. The first-order valence-electron chi connectivity index (χ1n) is 8.99. The molecular formula is C19H19ClN6O4. The summed E-state index contributed by atoms with van der Waals surface area (Å²) in [6, 6.07) is 5.18. The number of aryl methyl sites for hydroxylation is 2. The number of nitrogens with two attached hydrogens (primary N) is 1. The molecule has 1 amide bonds. The first-order chi connectivity index (χ1) is 14.2. The Morgan fingerprint density at radius 1 is 1.23 bits per heavy atom. The van der Waals surface area contributed by atoms with Gasteiger partial charge in [-0.15, -0.1) is 0 Å². The van der Waals surface area contributed by atoms with E-state index in [1.165, 1.54) is 11.6 Å². The second kappa shape index (κ2) is 6.77. The fraction of sp³-hybridized carbons (Fsp3) is 0.263. The van der Waals surface area contributed by atoms with Crippen LogP contribution in [-0.4, -0.2) is 36.1 Å². The maximum absolute atomic E-state index is 13.1. The minimum Gasteiger partial charge on any atom is -0.495 e. The molecule has 4 aromatic rings. The Kier molecular flexibility index (Phi) is 4.46. The Bertz CT molecular complexity index is 1470. The molecule has 1 aromatic carbocycles. The number of hydrogen-bond donors (Lipinski definition) is 1. The molecule has 2 N–H and O–H groups in total. The summed E-state index contributed by atoms with van der Waals surface area (Å²) in [5, 5.41) is 0.502. The third kappa shape index (κ3) is 2.64. The van der Waals surface area contributed by atoms with E-state index in [9.17, 15) is 14.4 Å². The van der Waals surface area contributed by atoms with Gasteiger partial charge in [-0.1, -0.05) is 11.6 Å². The molecule has 0 radical (unpaired) electrons. The lowest BCUT2D eigenvalue weighted by Crippen LogP contribution is -2.42. The third-order valence-corrected chi connectivity index (χ3v) is 5.45. The average Bonchev–Trinajstić information content (AvgIpc) is 3.19. The average molecular weight is 431 g/mol. The summed E-state index contributed by atoms with van der Waals surface area (Å²) in [7, 11) is 3.03. The number of amides is 1. The van der Waals surface area contributed by atoms with Crippen LogP contribution in [0.1, 0.15) is 11.4 Å². The number of fused-ring (bicyclic) bond motifs is 3. The predicted molar refractivity (Wildman–Crippen MR) is 112 cm³/mol. The van der Waals surface area contributed by atoms with Gasteiger partial charge in [0.05, 0.1) is 12.8 Å². The number of ether oxygens (including phenoxy) is 1. The molecule has 0 saturated carbocycles. The molecule has 0 aliphatic heterocycles. The molecule has 0 spiro atoms. The highest BCUT2D eigenvalue weighted by molar-refractivity contribution is 6.30. The van der Waals surface area contributed by atoms with Crippen LogP contribution in [0, 0.1) is 13.8 Å². The van der Waals surface area contributed by atoms with E-state index in [0.29, 0.717) is 22.2 Å². The standard InChI is InChI=1S/C19H19ClN6O4/c1-9-10(2)26-15-16(23(3)19(29)24(17(15)28)8-14(21)27)22-18(26)25(9)12-7-11(20)5-6-13(12)30-4/h5-7H,8H2,1-4H3,(H2,21,27). The van der Waals surface area contributed by atoms with Gasteiger partial charge in [0.25, 0.3) is 5.56 Å². The molecule has 0 fully saturated rings. The second-order valence-corrected chi connectivity index (χ2v) is 7.38. The van der Waals surface area contributed by atoms with Gasteiger partial charge in [-0.05, 0) is 32.0 Å². The minimum atomic E-state index is -0.788. The number of imidazole rings is 2. The van der Waals surface area contributed by atoms with Crippen molar-refractivity contribution in [1.29, 1.82) is 0 Å². The minimum absolute atomic E-state index is 0.175. The van der Waals surface area contributed by atoms with E-state index in [1.54, 1.807) is 29.7 Å². The van der Waals surface area contributed by atoms with Gasteiger partial charge in [0.2, 0.25) is 11.7 Å². The molecule has 3 heterocycles. The van der Waals surface area contributed by atoms with Crippen molar-refractivity contribution < 1.29 is 9.53 Å². The quantitative estimate of drug-likeness (QED) is 0.516. The normalized spacial score (nSPS) is 11.5. The van der Waals surface area contributed by atoms with Gasteiger partial charge in [0.15, 0.2) is 11.2 Å². The predicted octanol–water partition coefficient (Wildman–Crippen LogP) is 0.903. The van der Waals surface area contributed by atoms with Crippen LogP contribution < -0.4 is 21.7 Å². The molecule has 0 aliphatic rings. The Morgan fingerprint density at radius 3 is 2.57 bits per heavy atom. The number of methoxy groups -OCH3 is 1. The van der Waals surface area contributed by atoms with Crippen LogP contribution in [0.15, 0.2) is 27.8 Å². The van der Waals surface area contributed by atoms with E-state index >= 15 is 0 Å². The molecule has 30 heavy (non-hydrogen) atoms. The first-order valence-corrected chi connectivity index (χ1v) is 9.37. The summed E-state index contributed by atoms with van der Waals surface area (Å²) in [5.41, 5.74) is 6.45. The molecule has 156 valence electrons. The largest absolute Gasteiger partial charge is 0.495 e. The van der Waals surface area contributed by atoms with Crippen LogP contribution in [0.4, 0.5) is 0 Å². The Morgan fingerprint density at radius 2 is 1.93 bits per heavy atom. The van der Waals surface area contributed by atoms with Gasteiger partial charge in [-0.2, -0.15) is 4.98 Å². The summed E-state index contributed by atoms with van der Waals surface area (Å²) < 4.78 is 11.0. The third-order valence-electron chi connectivity index (χ3n) is 5.21. The molecule has 10 nitrogen and oxygen atoms in total. The van der Waals surface area contributed by atoms with Crippen LogP contribution in [0.25, 0.3) is 22.6 Å². The molecule has 0 unspecified atom stereocenters. The highest BCUT2D eigenvalue weighted by Crippen LogP contribution is 2.31. The molecule has 0 aliphatic carbocycles. The molecule has 0 saturated heterocycles. The van der Waals surface area contributed by atoms with Crippen molar-refractivity contribution in [2.24, 2.45) is 12.8 Å². The fourth-order valence-corrected chi connectivity index (χ4v) is 3.84. The van der Waals surface area contributed by atoms with Gasteiger partial charge in [0, 0.05) is 23.5 Å². The van der Waals surface area contributed by atoms with Crippen LogP contribution in [0.3, 0.4) is 0 Å². The maximum Gasteiger partial charge on any atom is 0.332 e. The number of carbonyl (C=O) groups is 1. The van der Waals surface area contributed by atoms with E-state index in [-0.39, 0.29) is 11.2 Å². The van der Waals surface area contributed by atoms with E-state index in [4.69, 9.17) is 22.1 Å². The van der Waals surface area contributed by atoms with Crippen molar-refractivity contribution in [3.63, 3.8) is 0 Å². The lowest BCUT2D eigenvalue weighted by Gasteiger charge is -2.12. The van der Waals surface area contributed by atoms with Crippen molar-refractivity contribution in [1.82, 2.24) is 23.1 Å². The number of halogens is 1. The van der Waals surface area contributed by atoms with Gasteiger partial charge < -0.3 is 10.5 Å². The van der Waals surface area contributed by atoms with Crippen LogP contribution >= 0.6 is 11.6 Å². The van der Waals surface area contributed by atoms with Crippen molar-refractivity contribution in [3.8, 4) is 11.4 Å². The SMILES string of the molecule is COc1ccc(Cl)cc1-n1c(C)c(C)n2c3c(=O)n(CC(N)=O)c(=O)n(C)c3nc12. The van der Waals surface area contributed by atoms with E-state index in [0.717, 1.165) is 16.0 Å². The summed E-state index contributed by atoms with van der Waals surface area (Å²) >= 11 is 6.21. The van der Waals surface area contributed by atoms with Gasteiger partial charge in [-0.25, -0.2) is 9.36 Å². The smallest absolute Gasteiger partial charge is 0.332 e. The lowest BCUT2D eigenvalue weighted by atomic mass is 10.2. The monoisotopic (exact) mass is 430 g/mol. The lowest BCUT2D eigenvalue weighted by molar-refractivity contribution is -0.118. The van der Waals surface area contributed by atoms with Crippen molar-refractivity contribution in [2.75, 3.05) is 7.11 Å². The van der Waals surface area contributed by atoms with Crippen molar-refractivity contribution in [2.45, 2.75) is 20.4 Å². The van der Waals surface area contributed by atoms with E-state index in [2.05, 4.69) is 4.98 Å². The maximum atomic E-state index is 13.1. The highest BCUT2D eigenvalue weighted by Gasteiger charge is 2.24. The Hall–Kier alpha value is -3.53. The Balaban J connectivity index is 2.21. The van der Waals surface area contributed by atoms with Crippen LogP contribution in [0.5, 0.6) is 5.75 Å². The number of benzene rings is 1. The zero-order valence-electron chi connectivity index (χ0n) is 16.8. The zero-order chi connectivity index (χ0) is 21.9. The summed E-state index contributed by atoms with van der Waals surface area (Å²) in [5.74, 6) is 0.181. The number of nitrogens with zero attached hydrogens (tertiary/aromatic N) is 5. The fourth-order valence-electron chi connectivity index (χ4n) is 3.67. The van der Waals surface area contributed by atoms with Gasteiger partial charge in [-0.3, -0.25) is 23.1 Å². The van der Waals surface area contributed by atoms with Crippen LogP contribution in [0.2, 0.25) is 5.02 Å².